The maximum absolute atomic E-state index is 13.1. The lowest BCUT2D eigenvalue weighted by atomic mass is 9.94. The number of sulfone groups is 1. The molecule has 4 nitrogen and oxygen atoms in total. The van der Waals surface area contributed by atoms with Gasteiger partial charge in [-0.2, -0.15) is 0 Å². The van der Waals surface area contributed by atoms with Gasteiger partial charge in [-0.25, -0.2) is 8.42 Å². The predicted octanol–water partition coefficient (Wildman–Crippen LogP) is 2.98. The molecule has 2 aliphatic rings. The Labute approximate surface area is 140 Å². The van der Waals surface area contributed by atoms with Crippen molar-refractivity contribution in [3.8, 4) is 0 Å². The van der Waals surface area contributed by atoms with Gasteiger partial charge in [0.15, 0.2) is 6.10 Å². The quantitative estimate of drug-likeness (QED) is 0.863. The van der Waals surface area contributed by atoms with Crippen molar-refractivity contribution in [3.63, 3.8) is 0 Å². The minimum atomic E-state index is -3.91. The van der Waals surface area contributed by atoms with Crippen LogP contribution in [0.2, 0.25) is 0 Å². The van der Waals surface area contributed by atoms with Crippen molar-refractivity contribution < 1.29 is 17.9 Å². The average molecular weight is 338 g/mol. The van der Waals surface area contributed by atoms with Crippen molar-refractivity contribution in [2.24, 2.45) is 5.92 Å². The maximum Gasteiger partial charge on any atom is 0.216 e. The lowest BCUT2D eigenvalue weighted by molar-refractivity contribution is -0.121. The summed E-state index contributed by atoms with van der Waals surface area (Å²) < 4.78 is 31.6. The second-order valence-corrected chi connectivity index (χ2v) is 7.59. The van der Waals surface area contributed by atoms with Gasteiger partial charge in [0, 0.05) is 0 Å². The van der Waals surface area contributed by atoms with Gasteiger partial charge in [0.2, 0.25) is 15.6 Å². The first-order valence-corrected chi connectivity index (χ1v) is 9.05. The average Bonchev–Trinajstić information content (AvgIpc) is 3.19. The molecule has 4 rings (SSSR count). The van der Waals surface area contributed by atoms with Gasteiger partial charge >= 0.3 is 0 Å². The maximum atomic E-state index is 13.1. The van der Waals surface area contributed by atoms with Crippen LogP contribution >= 0.6 is 0 Å². The summed E-state index contributed by atoms with van der Waals surface area (Å²) in [6.07, 6.45) is 2.44. The summed E-state index contributed by atoms with van der Waals surface area (Å²) in [5.74, 6) is -0.846. The van der Waals surface area contributed by atoms with Crippen molar-refractivity contribution in [3.05, 3.63) is 83.5 Å². The third-order valence-corrected chi connectivity index (χ3v) is 6.16. The zero-order chi connectivity index (χ0) is 16.7. The van der Waals surface area contributed by atoms with Crippen molar-refractivity contribution >= 4 is 21.2 Å². The molecule has 0 amide bonds. The highest BCUT2D eigenvalue weighted by molar-refractivity contribution is 7.96. The van der Waals surface area contributed by atoms with E-state index in [1.165, 1.54) is 18.4 Å². The molecule has 0 saturated heterocycles. The number of ether oxygens (including phenoxy) is 1. The van der Waals surface area contributed by atoms with Crippen LogP contribution in [0.4, 0.5) is 0 Å². The Morgan fingerprint density at radius 1 is 0.875 bits per heavy atom. The summed E-state index contributed by atoms with van der Waals surface area (Å²) in [6.45, 7) is 0. The first-order valence-electron chi connectivity index (χ1n) is 7.57. The molecule has 0 spiro atoms. The molecule has 2 atom stereocenters. The summed E-state index contributed by atoms with van der Waals surface area (Å²) in [5, 5.41) is 0. The van der Waals surface area contributed by atoms with E-state index >= 15 is 0 Å². The first-order chi connectivity index (χ1) is 11.6. The summed E-state index contributed by atoms with van der Waals surface area (Å²) in [7, 11) is -3.91. The number of rotatable bonds is 3. The van der Waals surface area contributed by atoms with Gasteiger partial charge < -0.3 is 4.74 Å². The molecule has 0 bridgehead atoms. The normalized spacial score (nSPS) is 22.6. The van der Waals surface area contributed by atoms with Crippen LogP contribution < -0.4 is 0 Å². The number of fused-ring (bicyclic) bond motifs is 1. The van der Waals surface area contributed by atoms with Crippen LogP contribution in [0.25, 0.3) is 5.57 Å². The van der Waals surface area contributed by atoms with Gasteiger partial charge in [0.25, 0.3) is 0 Å². The number of hydrogen-bond donors (Lipinski definition) is 0. The fraction of sp³-hybridized carbons (Fsp3) is 0.105. The van der Waals surface area contributed by atoms with Crippen LogP contribution in [-0.4, -0.2) is 20.3 Å². The van der Waals surface area contributed by atoms with Crippen LogP contribution in [0.15, 0.2) is 82.8 Å². The van der Waals surface area contributed by atoms with E-state index in [2.05, 4.69) is 0 Å². The van der Waals surface area contributed by atoms with Crippen molar-refractivity contribution in [2.75, 3.05) is 0 Å². The Bertz CT molecular complexity index is 957. The molecule has 0 radical (unpaired) electrons. The molecule has 2 aromatic carbocycles. The molecule has 1 aliphatic heterocycles. The van der Waals surface area contributed by atoms with Gasteiger partial charge in [-0.05, 0) is 29.3 Å². The Hall–Kier alpha value is -2.66. The van der Waals surface area contributed by atoms with Gasteiger partial charge in [-0.15, -0.1) is 0 Å². The SMILES string of the molecule is O=C1C(S(=O)(=O)c2ccccc2)=C(c2ccccc2)C2C=COC12. The summed E-state index contributed by atoms with van der Waals surface area (Å²) >= 11 is 0. The third-order valence-electron chi connectivity index (χ3n) is 4.30. The zero-order valence-corrected chi connectivity index (χ0v) is 13.4. The summed E-state index contributed by atoms with van der Waals surface area (Å²) in [6, 6.07) is 17.2. The van der Waals surface area contributed by atoms with Gasteiger partial charge in [0.05, 0.1) is 17.1 Å². The molecular formula is C19H14O4S. The minimum Gasteiger partial charge on any atom is -0.489 e. The zero-order valence-electron chi connectivity index (χ0n) is 12.6. The number of Topliss-reactive ketones (excluding diaryl/α,β-unsaturated/α-hetero) is 1. The molecule has 24 heavy (non-hydrogen) atoms. The van der Waals surface area contributed by atoms with E-state index in [-0.39, 0.29) is 15.7 Å². The van der Waals surface area contributed by atoms with E-state index in [1.54, 1.807) is 24.3 Å². The molecule has 0 N–H and O–H groups in total. The standard InChI is InChI=1S/C19H14O4S/c20-17-18-15(11-12-23-18)16(13-7-3-1-4-8-13)19(17)24(21,22)14-9-5-2-6-10-14/h1-12,15,18H. The second-order valence-electron chi connectivity index (χ2n) is 5.70. The topological polar surface area (TPSA) is 60.4 Å². The lowest BCUT2D eigenvalue weighted by Crippen LogP contribution is -2.23. The molecule has 1 aliphatic carbocycles. The highest BCUT2D eigenvalue weighted by Gasteiger charge is 2.49. The molecule has 5 heteroatoms. The van der Waals surface area contributed by atoms with Gasteiger partial charge in [-0.3, -0.25) is 4.79 Å². The van der Waals surface area contributed by atoms with Gasteiger partial charge in [0.1, 0.15) is 4.91 Å². The lowest BCUT2D eigenvalue weighted by Gasteiger charge is -2.11. The molecule has 1 heterocycles. The first kappa shape index (κ1) is 14.9. The largest absolute Gasteiger partial charge is 0.489 e. The van der Waals surface area contributed by atoms with E-state index in [4.69, 9.17) is 4.74 Å². The second kappa shape index (κ2) is 5.46. The van der Waals surface area contributed by atoms with E-state index in [1.807, 2.05) is 30.3 Å². The smallest absolute Gasteiger partial charge is 0.216 e. The molecule has 2 aromatic rings. The Morgan fingerprint density at radius 3 is 2.17 bits per heavy atom. The van der Waals surface area contributed by atoms with Crippen LogP contribution in [-0.2, 0) is 19.4 Å². The molecule has 120 valence electrons. The number of ketones is 1. The molecule has 0 aromatic heterocycles. The van der Waals surface area contributed by atoms with Crippen molar-refractivity contribution in [1.29, 1.82) is 0 Å². The Kier molecular flexibility index (Phi) is 3.39. The third kappa shape index (κ3) is 2.12. The van der Waals surface area contributed by atoms with E-state index < -0.39 is 21.7 Å². The highest BCUT2D eigenvalue weighted by atomic mass is 32.2. The van der Waals surface area contributed by atoms with E-state index in [0.717, 1.165) is 5.56 Å². The molecular weight excluding hydrogens is 324 g/mol. The van der Waals surface area contributed by atoms with Gasteiger partial charge in [-0.1, -0.05) is 48.5 Å². The van der Waals surface area contributed by atoms with Crippen molar-refractivity contribution in [2.45, 2.75) is 11.0 Å². The Balaban J connectivity index is 1.98. The summed E-state index contributed by atoms with van der Waals surface area (Å²) in [5.41, 5.74) is 1.24. The van der Waals surface area contributed by atoms with Crippen LogP contribution in [0, 0.1) is 5.92 Å². The van der Waals surface area contributed by atoms with Crippen LogP contribution in [0.3, 0.4) is 0 Å². The number of hydrogen-bond acceptors (Lipinski definition) is 4. The van der Waals surface area contributed by atoms with E-state index in [9.17, 15) is 13.2 Å². The number of carbonyl (C=O) groups is 1. The van der Waals surface area contributed by atoms with Crippen LogP contribution in [0.5, 0.6) is 0 Å². The molecule has 2 unspecified atom stereocenters. The highest BCUT2D eigenvalue weighted by Crippen LogP contribution is 2.45. The Morgan fingerprint density at radius 2 is 1.50 bits per heavy atom. The predicted molar refractivity (Wildman–Crippen MR) is 89.5 cm³/mol. The number of benzene rings is 2. The summed E-state index contributed by atoms with van der Waals surface area (Å²) in [4.78, 5) is 12.8. The van der Waals surface area contributed by atoms with Crippen LogP contribution in [0.1, 0.15) is 5.56 Å². The molecule has 0 fully saturated rings. The molecule has 0 saturated carbocycles. The van der Waals surface area contributed by atoms with E-state index in [0.29, 0.717) is 5.57 Å². The van der Waals surface area contributed by atoms with Crippen molar-refractivity contribution in [1.82, 2.24) is 0 Å². The minimum absolute atomic E-state index is 0.116. The fourth-order valence-corrected chi connectivity index (χ4v) is 4.90. The number of carbonyl (C=O) groups excluding carboxylic acids is 1. The fourth-order valence-electron chi connectivity index (χ4n) is 3.22. The monoisotopic (exact) mass is 338 g/mol.